The van der Waals surface area contributed by atoms with Crippen LogP contribution in [0.4, 0.5) is 17.1 Å². The standard InChI is InChI=1S/C28H35N3O2/c1-20-8-3-4-11-26(20)31(25-10-7-9-24(19-25)29-15-5-6-16-29)28(33)23-12-13-27-22(18-23)14-17-30(27)21(2)32/h7,9-10,12-13,18-20,26H,3-6,8,11,14-17H2,1-2H3/t20-,26+/m0/s1. The molecule has 1 aliphatic carbocycles. The molecule has 0 unspecified atom stereocenters. The van der Waals surface area contributed by atoms with Gasteiger partial charge >= 0.3 is 0 Å². The summed E-state index contributed by atoms with van der Waals surface area (Å²) in [6.45, 7) is 6.78. The Labute approximate surface area is 197 Å². The predicted molar refractivity (Wildman–Crippen MR) is 134 cm³/mol. The predicted octanol–water partition coefficient (Wildman–Crippen LogP) is 5.42. The van der Waals surface area contributed by atoms with Crippen molar-refractivity contribution in [2.24, 2.45) is 5.92 Å². The number of hydrogen-bond donors (Lipinski definition) is 0. The van der Waals surface area contributed by atoms with Crippen LogP contribution in [0.3, 0.4) is 0 Å². The van der Waals surface area contributed by atoms with E-state index in [9.17, 15) is 9.59 Å². The fraction of sp³-hybridized carbons (Fsp3) is 0.500. The highest BCUT2D eigenvalue weighted by Gasteiger charge is 2.33. The summed E-state index contributed by atoms with van der Waals surface area (Å²) >= 11 is 0. The minimum absolute atomic E-state index is 0.0595. The topological polar surface area (TPSA) is 43.9 Å². The molecule has 5 nitrogen and oxygen atoms in total. The number of nitrogens with zero attached hydrogens (tertiary/aromatic N) is 3. The van der Waals surface area contributed by atoms with Crippen LogP contribution in [0.5, 0.6) is 0 Å². The first kappa shape index (κ1) is 22.0. The first-order valence-electron chi connectivity index (χ1n) is 12.6. The molecule has 1 saturated carbocycles. The quantitative estimate of drug-likeness (QED) is 0.631. The number of anilines is 3. The lowest BCUT2D eigenvalue weighted by Gasteiger charge is -2.39. The Kier molecular flexibility index (Phi) is 6.13. The zero-order valence-corrected chi connectivity index (χ0v) is 19.9. The summed E-state index contributed by atoms with van der Waals surface area (Å²) in [4.78, 5) is 32.3. The van der Waals surface area contributed by atoms with Gasteiger partial charge in [-0.2, -0.15) is 0 Å². The Morgan fingerprint density at radius 3 is 2.48 bits per heavy atom. The van der Waals surface area contributed by atoms with Gasteiger partial charge in [-0.1, -0.05) is 25.8 Å². The second-order valence-electron chi connectivity index (χ2n) is 9.98. The van der Waals surface area contributed by atoms with Gasteiger partial charge in [-0.25, -0.2) is 0 Å². The summed E-state index contributed by atoms with van der Waals surface area (Å²) in [5, 5.41) is 0. The molecule has 0 bridgehead atoms. The fourth-order valence-electron chi connectivity index (χ4n) is 5.96. The number of hydrogen-bond acceptors (Lipinski definition) is 3. The summed E-state index contributed by atoms with van der Waals surface area (Å²) in [6, 6.07) is 14.7. The van der Waals surface area contributed by atoms with Crippen molar-refractivity contribution in [1.29, 1.82) is 0 Å². The number of carbonyl (C=O) groups is 2. The second-order valence-corrected chi connectivity index (χ2v) is 9.98. The van der Waals surface area contributed by atoms with Gasteiger partial charge in [0.25, 0.3) is 5.91 Å². The van der Waals surface area contributed by atoms with E-state index in [1.165, 1.54) is 31.4 Å². The van der Waals surface area contributed by atoms with Crippen molar-refractivity contribution in [3.63, 3.8) is 0 Å². The van der Waals surface area contributed by atoms with Crippen LogP contribution in [0.2, 0.25) is 0 Å². The van der Waals surface area contributed by atoms with Crippen molar-refractivity contribution >= 4 is 28.9 Å². The van der Waals surface area contributed by atoms with Crippen LogP contribution in [0.25, 0.3) is 0 Å². The van der Waals surface area contributed by atoms with Gasteiger partial charge in [0, 0.05) is 55.2 Å². The molecule has 0 spiro atoms. The Bertz CT molecular complexity index is 1040. The van der Waals surface area contributed by atoms with Gasteiger partial charge in [-0.15, -0.1) is 0 Å². The number of fused-ring (bicyclic) bond motifs is 1. The van der Waals surface area contributed by atoms with Crippen LogP contribution in [-0.2, 0) is 11.2 Å². The van der Waals surface area contributed by atoms with Gasteiger partial charge in [0.05, 0.1) is 0 Å². The Hall–Kier alpha value is -2.82. The largest absolute Gasteiger partial charge is 0.371 e. The van der Waals surface area contributed by atoms with E-state index >= 15 is 0 Å². The van der Waals surface area contributed by atoms with E-state index in [4.69, 9.17) is 0 Å². The Morgan fingerprint density at radius 1 is 0.939 bits per heavy atom. The summed E-state index contributed by atoms with van der Waals surface area (Å²) in [7, 11) is 0. The van der Waals surface area contributed by atoms with Gasteiger partial charge in [0.15, 0.2) is 0 Å². The molecule has 2 aliphatic heterocycles. The number of rotatable bonds is 4. The van der Waals surface area contributed by atoms with E-state index in [0.717, 1.165) is 54.9 Å². The summed E-state index contributed by atoms with van der Waals surface area (Å²) in [6.07, 6.45) is 7.90. The highest BCUT2D eigenvalue weighted by atomic mass is 16.2. The third kappa shape index (κ3) is 4.25. The summed E-state index contributed by atoms with van der Waals surface area (Å²) < 4.78 is 0. The lowest BCUT2D eigenvalue weighted by atomic mass is 9.84. The molecular weight excluding hydrogens is 410 g/mol. The lowest BCUT2D eigenvalue weighted by Crippen LogP contribution is -2.45. The maximum absolute atomic E-state index is 14.1. The highest BCUT2D eigenvalue weighted by Crippen LogP contribution is 2.36. The van der Waals surface area contributed by atoms with Crippen molar-refractivity contribution in [2.75, 3.05) is 34.3 Å². The van der Waals surface area contributed by atoms with E-state index in [0.29, 0.717) is 12.5 Å². The van der Waals surface area contributed by atoms with E-state index < -0.39 is 0 Å². The van der Waals surface area contributed by atoms with Gasteiger partial charge in [0.1, 0.15) is 0 Å². The molecule has 2 aromatic carbocycles. The molecule has 0 N–H and O–H groups in total. The average molecular weight is 446 g/mol. The third-order valence-electron chi connectivity index (χ3n) is 7.80. The Balaban J connectivity index is 1.51. The monoisotopic (exact) mass is 445 g/mol. The van der Waals surface area contributed by atoms with Crippen molar-refractivity contribution in [3.05, 3.63) is 53.6 Å². The van der Waals surface area contributed by atoms with E-state index in [-0.39, 0.29) is 17.9 Å². The molecule has 5 heteroatoms. The van der Waals surface area contributed by atoms with Crippen molar-refractivity contribution in [3.8, 4) is 0 Å². The average Bonchev–Trinajstić information content (AvgIpc) is 3.50. The fourth-order valence-corrected chi connectivity index (χ4v) is 5.96. The van der Waals surface area contributed by atoms with Crippen molar-refractivity contribution in [1.82, 2.24) is 0 Å². The zero-order valence-electron chi connectivity index (χ0n) is 19.9. The van der Waals surface area contributed by atoms with Crippen LogP contribution in [0.15, 0.2) is 42.5 Å². The van der Waals surface area contributed by atoms with E-state index in [1.54, 1.807) is 6.92 Å². The molecule has 2 atom stereocenters. The van der Waals surface area contributed by atoms with Gasteiger partial charge in [-0.3, -0.25) is 9.59 Å². The number of benzene rings is 2. The Morgan fingerprint density at radius 2 is 1.73 bits per heavy atom. The molecular formula is C28H35N3O2. The minimum atomic E-state index is 0.0595. The lowest BCUT2D eigenvalue weighted by molar-refractivity contribution is -0.116. The summed E-state index contributed by atoms with van der Waals surface area (Å²) in [5.74, 6) is 0.612. The molecule has 3 aliphatic rings. The maximum Gasteiger partial charge on any atom is 0.258 e. The molecule has 1 saturated heterocycles. The van der Waals surface area contributed by atoms with Gasteiger partial charge < -0.3 is 14.7 Å². The SMILES string of the molecule is CC(=O)N1CCc2cc(C(=O)N(c3cccc(N4CCCC4)c3)[C@@H]3CCCC[C@@H]3C)ccc21. The molecule has 2 fully saturated rings. The maximum atomic E-state index is 14.1. The van der Waals surface area contributed by atoms with Crippen LogP contribution < -0.4 is 14.7 Å². The molecule has 2 aromatic rings. The normalized spacial score (nSPS) is 22.4. The van der Waals surface area contributed by atoms with Crippen molar-refractivity contribution < 1.29 is 9.59 Å². The highest BCUT2D eigenvalue weighted by molar-refractivity contribution is 6.07. The second kappa shape index (κ2) is 9.20. The third-order valence-corrected chi connectivity index (χ3v) is 7.80. The van der Waals surface area contributed by atoms with E-state index in [2.05, 4.69) is 41.0 Å². The number of carbonyl (C=O) groups excluding carboxylic acids is 2. The minimum Gasteiger partial charge on any atom is -0.371 e. The van der Waals surface area contributed by atoms with Crippen molar-refractivity contribution in [2.45, 2.75) is 64.8 Å². The molecule has 2 amide bonds. The molecule has 0 radical (unpaired) electrons. The van der Waals surface area contributed by atoms with Gasteiger partial charge in [-0.05, 0) is 80.0 Å². The summed E-state index contributed by atoms with van der Waals surface area (Å²) in [5.41, 5.74) is 5.00. The smallest absolute Gasteiger partial charge is 0.258 e. The van der Waals surface area contributed by atoms with Crippen LogP contribution in [0.1, 0.15) is 68.3 Å². The first-order chi connectivity index (χ1) is 16.0. The molecule has 174 valence electrons. The van der Waals surface area contributed by atoms with Crippen LogP contribution >= 0.6 is 0 Å². The van der Waals surface area contributed by atoms with Crippen LogP contribution in [0, 0.1) is 5.92 Å². The number of amides is 2. The zero-order chi connectivity index (χ0) is 22.9. The van der Waals surface area contributed by atoms with E-state index in [1.807, 2.05) is 23.1 Å². The molecule has 2 heterocycles. The van der Waals surface area contributed by atoms with Gasteiger partial charge in [0.2, 0.25) is 5.91 Å². The molecule has 5 rings (SSSR count). The molecule has 0 aromatic heterocycles. The van der Waals surface area contributed by atoms with Crippen LogP contribution in [-0.4, -0.2) is 37.5 Å². The molecule has 33 heavy (non-hydrogen) atoms. The first-order valence-corrected chi connectivity index (χ1v) is 12.6.